The minimum Gasteiger partial charge on any atom is -0.396 e. The number of ketones is 1. The molecule has 0 atom stereocenters. The van der Waals surface area contributed by atoms with E-state index in [-0.39, 0.29) is 22.1 Å². The van der Waals surface area contributed by atoms with Gasteiger partial charge in [0.05, 0.1) is 17.6 Å². The lowest BCUT2D eigenvalue weighted by atomic mass is 10.1. The molecule has 160 valence electrons. The first-order valence-electron chi connectivity index (χ1n) is 9.52. The third-order valence-corrected chi connectivity index (χ3v) is 5.81. The van der Waals surface area contributed by atoms with Gasteiger partial charge in [-0.25, -0.2) is 0 Å². The van der Waals surface area contributed by atoms with E-state index in [4.69, 9.17) is 5.73 Å². The summed E-state index contributed by atoms with van der Waals surface area (Å²) in [6.07, 6.45) is 1.51. The van der Waals surface area contributed by atoms with E-state index in [1.807, 2.05) is 12.1 Å². The standard InChI is InChI=1S/C23H18N4O4S/c1-14(28)15-6-8-16(9-7-15)20-11-10-17(13-25-20)26-27-21-12-22(32(29,30)31)18-4-2-3-5-19(18)23(21)24/h2-13H,24H2,1H3,(H,29,30,31)/b27-26+. The van der Waals surface area contributed by atoms with E-state index in [0.29, 0.717) is 27.7 Å². The highest BCUT2D eigenvalue weighted by molar-refractivity contribution is 7.86. The van der Waals surface area contributed by atoms with Crippen LogP contribution >= 0.6 is 0 Å². The highest BCUT2D eigenvalue weighted by Gasteiger charge is 2.18. The predicted octanol–water partition coefficient (Wildman–Crippen LogP) is 5.35. The molecule has 0 saturated carbocycles. The lowest BCUT2D eigenvalue weighted by Gasteiger charge is -2.09. The van der Waals surface area contributed by atoms with Gasteiger partial charge in [0.25, 0.3) is 10.1 Å². The first-order valence-corrected chi connectivity index (χ1v) is 11.0. The van der Waals surface area contributed by atoms with Crippen molar-refractivity contribution < 1.29 is 17.8 Å². The lowest BCUT2D eigenvalue weighted by molar-refractivity contribution is 0.101. The smallest absolute Gasteiger partial charge is 0.295 e. The van der Waals surface area contributed by atoms with E-state index < -0.39 is 10.1 Å². The second kappa shape index (κ2) is 8.29. The molecule has 0 saturated heterocycles. The van der Waals surface area contributed by atoms with Gasteiger partial charge in [0.2, 0.25) is 0 Å². The summed E-state index contributed by atoms with van der Waals surface area (Å²) >= 11 is 0. The molecule has 0 aliphatic heterocycles. The number of anilines is 1. The number of hydrogen-bond acceptors (Lipinski definition) is 7. The van der Waals surface area contributed by atoms with E-state index in [2.05, 4.69) is 15.2 Å². The van der Waals surface area contributed by atoms with Gasteiger partial charge >= 0.3 is 0 Å². The Morgan fingerprint density at radius 1 is 0.969 bits per heavy atom. The van der Waals surface area contributed by atoms with Crippen molar-refractivity contribution in [3.05, 3.63) is 78.5 Å². The largest absolute Gasteiger partial charge is 0.396 e. The number of azo groups is 1. The fourth-order valence-corrected chi connectivity index (χ4v) is 3.97. The van der Waals surface area contributed by atoms with Gasteiger partial charge in [-0.2, -0.15) is 8.42 Å². The van der Waals surface area contributed by atoms with Crippen LogP contribution in [0.4, 0.5) is 17.1 Å². The first-order chi connectivity index (χ1) is 15.2. The predicted molar refractivity (Wildman–Crippen MR) is 122 cm³/mol. The van der Waals surface area contributed by atoms with Crippen LogP contribution in [0, 0.1) is 0 Å². The van der Waals surface area contributed by atoms with Crippen LogP contribution in [0.1, 0.15) is 17.3 Å². The molecule has 3 aromatic carbocycles. The zero-order valence-electron chi connectivity index (χ0n) is 16.9. The molecule has 4 rings (SSSR count). The highest BCUT2D eigenvalue weighted by Crippen LogP contribution is 2.36. The van der Waals surface area contributed by atoms with Crippen molar-refractivity contribution in [3.63, 3.8) is 0 Å². The van der Waals surface area contributed by atoms with Gasteiger partial charge in [-0.15, -0.1) is 10.2 Å². The van der Waals surface area contributed by atoms with Crippen molar-refractivity contribution in [2.24, 2.45) is 10.2 Å². The van der Waals surface area contributed by atoms with E-state index in [1.54, 1.807) is 48.5 Å². The molecule has 0 aliphatic rings. The Labute approximate surface area is 184 Å². The molecule has 4 aromatic rings. The maximum Gasteiger partial charge on any atom is 0.295 e. The summed E-state index contributed by atoms with van der Waals surface area (Å²) in [5.74, 6) is -0.00890. The summed E-state index contributed by atoms with van der Waals surface area (Å²) in [6.45, 7) is 1.51. The number of hydrogen-bond donors (Lipinski definition) is 2. The molecule has 32 heavy (non-hydrogen) atoms. The van der Waals surface area contributed by atoms with Crippen LogP contribution in [0.3, 0.4) is 0 Å². The van der Waals surface area contributed by atoms with Gasteiger partial charge in [-0.05, 0) is 25.1 Å². The van der Waals surface area contributed by atoms with Crippen LogP contribution in [-0.2, 0) is 10.1 Å². The van der Waals surface area contributed by atoms with Crippen molar-refractivity contribution in [1.82, 2.24) is 4.98 Å². The number of nitrogens with two attached hydrogens (primary N) is 1. The third kappa shape index (κ3) is 4.25. The van der Waals surface area contributed by atoms with Crippen LogP contribution < -0.4 is 5.73 Å². The molecule has 0 amide bonds. The number of aromatic nitrogens is 1. The van der Waals surface area contributed by atoms with Gasteiger partial charge < -0.3 is 5.73 Å². The van der Waals surface area contributed by atoms with Crippen LogP contribution in [0.15, 0.2) is 88.1 Å². The molecule has 0 aliphatic carbocycles. The van der Waals surface area contributed by atoms with Crippen molar-refractivity contribution in [2.75, 3.05) is 5.73 Å². The SMILES string of the molecule is CC(=O)c1ccc(-c2ccc(/N=N/c3cc(S(=O)(=O)O)c4ccccc4c3N)cn2)cc1. The van der Waals surface area contributed by atoms with Crippen molar-refractivity contribution >= 4 is 43.7 Å². The van der Waals surface area contributed by atoms with Gasteiger partial charge in [0.1, 0.15) is 16.3 Å². The Hall–Kier alpha value is -3.95. The fourth-order valence-electron chi connectivity index (χ4n) is 3.25. The highest BCUT2D eigenvalue weighted by atomic mass is 32.2. The van der Waals surface area contributed by atoms with E-state index in [0.717, 1.165) is 5.56 Å². The van der Waals surface area contributed by atoms with E-state index >= 15 is 0 Å². The first kappa shape index (κ1) is 21.3. The Kier molecular flexibility index (Phi) is 5.52. The number of nitrogens with zero attached hydrogens (tertiary/aromatic N) is 3. The summed E-state index contributed by atoms with van der Waals surface area (Å²) in [5, 5.41) is 8.92. The number of pyridine rings is 1. The number of carbonyl (C=O) groups excluding carboxylic acids is 1. The van der Waals surface area contributed by atoms with Crippen molar-refractivity contribution in [2.45, 2.75) is 11.8 Å². The van der Waals surface area contributed by atoms with E-state index in [9.17, 15) is 17.8 Å². The number of benzene rings is 3. The lowest BCUT2D eigenvalue weighted by Crippen LogP contribution is -2.01. The van der Waals surface area contributed by atoms with Crippen LogP contribution in [-0.4, -0.2) is 23.7 Å². The average Bonchev–Trinajstić information content (AvgIpc) is 2.78. The second-order valence-electron chi connectivity index (χ2n) is 7.06. The number of rotatable bonds is 5. The normalized spacial score (nSPS) is 11.8. The zero-order valence-corrected chi connectivity index (χ0v) is 17.7. The third-order valence-electron chi connectivity index (χ3n) is 4.91. The molecule has 1 aromatic heterocycles. The number of nitrogen functional groups attached to an aromatic ring is 1. The van der Waals surface area contributed by atoms with Gasteiger partial charge in [0.15, 0.2) is 5.78 Å². The number of carbonyl (C=O) groups is 1. The molecular weight excluding hydrogens is 428 g/mol. The van der Waals surface area contributed by atoms with Gasteiger partial charge in [-0.1, -0.05) is 48.5 Å². The molecule has 8 nitrogen and oxygen atoms in total. The van der Waals surface area contributed by atoms with Crippen LogP contribution in [0.25, 0.3) is 22.0 Å². The Morgan fingerprint density at radius 3 is 2.25 bits per heavy atom. The minimum absolute atomic E-state index is 0.00890. The average molecular weight is 446 g/mol. The van der Waals surface area contributed by atoms with Crippen molar-refractivity contribution in [1.29, 1.82) is 0 Å². The molecule has 1 heterocycles. The topological polar surface area (TPSA) is 135 Å². The second-order valence-corrected chi connectivity index (χ2v) is 8.45. The molecule has 3 N–H and O–H groups in total. The maximum atomic E-state index is 11.8. The zero-order chi connectivity index (χ0) is 22.9. The summed E-state index contributed by atoms with van der Waals surface area (Å²) in [5.41, 5.74) is 9.10. The summed E-state index contributed by atoms with van der Waals surface area (Å²) in [4.78, 5) is 15.5. The monoisotopic (exact) mass is 446 g/mol. The van der Waals surface area contributed by atoms with Gasteiger partial charge in [0, 0.05) is 21.9 Å². The maximum absolute atomic E-state index is 11.8. The Morgan fingerprint density at radius 2 is 1.66 bits per heavy atom. The Bertz CT molecular complexity index is 1460. The molecule has 0 radical (unpaired) electrons. The molecule has 0 bridgehead atoms. The summed E-state index contributed by atoms with van der Waals surface area (Å²) in [7, 11) is -4.49. The number of fused-ring (bicyclic) bond motifs is 1. The Balaban J connectivity index is 1.66. The van der Waals surface area contributed by atoms with Crippen LogP contribution in [0.5, 0.6) is 0 Å². The van der Waals surface area contributed by atoms with Crippen molar-refractivity contribution in [3.8, 4) is 11.3 Å². The quantitative estimate of drug-likeness (QED) is 0.184. The molecule has 0 spiro atoms. The molecule has 0 unspecified atom stereocenters. The minimum atomic E-state index is -4.49. The van der Waals surface area contributed by atoms with Gasteiger partial charge in [-0.3, -0.25) is 14.3 Å². The fraction of sp³-hybridized carbons (Fsp3) is 0.0435. The summed E-state index contributed by atoms with van der Waals surface area (Å²) < 4.78 is 33.3. The summed E-state index contributed by atoms with van der Waals surface area (Å²) in [6, 6.07) is 18.3. The van der Waals surface area contributed by atoms with Crippen LogP contribution in [0.2, 0.25) is 0 Å². The number of Topliss-reactive ketones (excluding diaryl/α,β-unsaturated/α-hetero) is 1. The van der Waals surface area contributed by atoms with E-state index in [1.165, 1.54) is 19.2 Å². The molecule has 9 heteroatoms. The molecular formula is C23H18N4O4S. The molecule has 0 fully saturated rings.